The minimum Gasteiger partial charge on any atom is -0.466 e. The van der Waals surface area contributed by atoms with Crippen LogP contribution in [0.3, 0.4) is 0 Å². The summed E-state index contributed by atoms with van der Waals surface area (Å²) in [5.41, 5.74) is 1.33. The van der Waals surface area contributed by atoms with Crippen LogP contribution in [0.15, 0.2) is 30.3 Å². The lowest BCUT2D eigenvalue weighted by Crippen LogP contribution is -2.37. The lowest BCUT2D eigenvalue weighted by atomic mass is 9.96. The van der Waals surface area contributed by atoms with Gasteiger partial charge >= 0.3 is 5.97 Å². The standard InChI is InChI=1S/C15H20INO2/c1-2-19-15(18)13-8-10-17(11-9-13)14(16)12-6-4-3-5-7-12/h3-7,13-14H,2,8-11H2,1H3. The molecule has 0 radical (unpaired) electrons. The number of carbonyl (C=O) groups excluding carboxylic acids is 1. The second-order valence-corrected chi connectivity index (χ2v) is 5.99. The Kier molecular flexibility index (Phi) is 5.63. The SMILES string of the molecule is CCOC(=O)C1CCN(C(I)c2ccccc2)CC1. The van der Waals surface area contributed by atoms with E-state index in [1.54, 1.807) is 0 Å². The molecule has 19 heavy (non-hydrogen) atoms. The highest BCUT2D eigenvalue weighted by atomic mass is 127. The van der Waals surface area contributed by atoms with Crippen LogP contribution in [0.4, 0.5) is 0 Å². The van der Waals surface area contributed by atoms with Crippen molar-refractivity contribution in [1.82, 2.24) is 4.90 Å². The summed E-state index contributed by atoms with van der Waals surface area (Å²) >= 11 is 2.48. The predicted octanol–water partition coefficient (Wildman–Crippen LogP) is 3.40. The largest absolute Gasteiger partial charge is 0.466 e. The predicted molar refractivity (Wildman–Crippen MR) is 84.1 cm³/mol. The third kappa shape index (κ3) is 3.92. The van der Waals surface area contributed by atoms with Crippen molar-refractivity contribution in [3.8, 4) is 0 Å². The van der Waals surface area contributed by atoms with E-state index in [9.17, 15) is 4.79 Å². The van der Waals surface area contributed by atoms with Crippen molar-refractivity contribution in [3.05, 3.63) is 35.9 Å². The number of alkyl halides is 1. The average Bonchev–Trinajstić information content (AvgIpc) is 2.48. The summed E-state index contributed by atoms with van der Waals surface area (Å²) in [5, 5.41) is 0. The maximum Gasteiger partial charge on any atom is 0.309 e. The lowest BCUT2D eigenvalue weighted by molar-refractivity contribution is -0.149. The molecule has 104 valence electrons. The first-order chi connectivity index (χ1) is 9.22. The Balaban J connectivity index is 1.88. The molecule has 1 saturated heterocycles. The van der Waals surface area contributed by atoms with Crippen molar-refractivity contribution in [1.29, 1.82) is 0 Å². The van der Waals surface area contributed by atoms with Crippen molar-refractivity contribution in [2.45, 2.75) is 23.8 Å². The van der Waals surface area contributed by atoms with Gasteiger partial charge in [-0.15, -0.1) is 0 Å². The monoisotopic (exact) mass is 373 g/mol. The number of likely N-dealkylation sites (tertiary alicyclic amines) is 1. The third-order valence-corrected chi connectivity index (χ3v) is 5.05. The van der Waals surface area contributed by atoms with E-state index in [-0.39, 0.29) is 11.9 Å². The molecule has 1 fully saturated rings. The van der Waals surface area contributed by atoms with Gasteiger partial charge in [-0.05, 0) is 25.3 Å². The zero-order valence-corrected chi connectivity index (χ0v) is 13.4. The zero-order chi connectivity index (χ0) is 13.7. The average molecular weight is 373 g/mol. The number of hydrogen-bond donors (Lipinski definition) is 0. The van der Waals surface area contributed by atoms with Crippen molar-refractivity contribution in [3.63, 3.8) is 0 Å². The first kappa shape index (κ1) is 14.8. The number of esters is 1. The molecule has 0 aromatic heterocycles. The lowest BCUT2D eigenvalue weighted by Gasteiger charge is -2.34. The molecule has 1 heterocycles. The number of carbonyl (C=O) groups is 1. The summed E-state index contributed by atoms with van der Waals surface area (Å²) in [7, 11) is 0. The van der Waals surface area contributed by atoms with E-state index in [0.29, 0.717) is 10.7 Å². The Hall–Kier alpha value is -0.620. The Morgan fingerprint density at radius 2 is 2.00 bits per heavy atom. The number of rotatable bonds is 4. The van der Waals surface area contributed by atoms with Crippen LogP contribution in [0.5, 0.6) is 0 Å². The Bertz CT molecular complexity index is 402. The second-order valence-electron chi connectivity index (χ2n) is 4.81. The Labute approximate surface area is 128 Å². The van der Waals surface area contributed by atoms with E-state index in [1.165, 1.54) is 5.56 Å². The Morgan fingerprint density at radius 3 is 2.58 bits per heavy atom. The smallest absolute Gasteiger partial charge is 0.309 e. The number of ether oxygens (including phenoxy) is 1. The summed E-state index contributed by atoms with van der Waals surface area (Å²) in [4.78, 5) is 14.1. The van der Waals surface area contributed by atoms with Gasteiger partial charge in [-0.25, -0.2) is 0 Å². The molecule has 0 bridgehead atoms. The van der Waals surface area contributed by atoms with Crippen molar-refractivity contribution in [2.75, 3.05) is 19.7 Å². The summed E-state index contributed by atoms with van der Waals surface area (Å²) < 4.78 is 5.49. The number of halogens is 1. The fraction of sp³-hybridized carbons (Fsp3) is 0.533. The normalized spacial score (nSPS) is 19.1. The highest BCUT2D eigenvalue weighted by Crippen LogP contribution is 2.31. The molecule has 1 aromatic rings. The number of nitrogens with zero attached hydrogens (tertiary/aromatic N) is 1. The molecule has 0 N–H and O–H groups in total. The van der Waals surface area contributed by atoms with E-state index in [0.717, 1.165) is 25.9 Å². The first-order valence-corrected chi connectivity index (χ1v) is 8.06. The third-order valence-electron chi connectivity index (χ3n) is 3.54. The van der Waals surface area contributed by atoms with Crippen molar-refractivity contribution < 1.29 is 9.53 Å². The molecule has 1 unspecified atom stereocenters. The molecule has 1 aromatic carbocycles. The molecule has 2 rings (SSSR count). The topological polar surface area (TPSA) is 29.5 Å². The summed E-state index contributed by atoms with van der Waals surface area (Å²) in [6.07, 6.45) is 1.82. The van der Waals surface area contributed by atoms with Gasteiger partial charge in [0.15, 0.2) is 0 Å². The maximum absolute atomic E-state index is 11.7. The second kappa shape index (κ2) is 7.24. The van der Waals surface area contributed by atoms with Crippen LogP contribution in [-0.4, -0.2) is 30.6 Å². The maximum atomic E-state index is 11.7. The minimum absolute atomic E-state index is 0.0214. The van der Waals surface area contributed by atoms with Crippen LogP contribution in [0.2, 0.25) is 0 Å². The van der Waals surface area contributed by atoms with E-state index < -0.39 is 0 Å². The zero-order valence-electron chi connectivity index (χ0n) is 11.2. The summed E-state index contributed by atoms with van der Waals surface area (Å²) in [6, 6.07) is 10.5. The fourth-order valence-corrected chi connectivity index (χ4v) is 3.42. The molecular weight excluding hydrogens is 353 g/mol. The summed E-state index contributed by atoms with van der Waals surface area (Å²) in [5.74, 6) is 0.0717. The van der Waals surface area contributed by atoms with E-state index >= 15 is 0 Å². The molecule has 3 nitrogen and oxygen atoms in total. The van der Waals surface area contributed by atoms with Gasteiger partial charge < -0.3 is 4.74 Å². The van der Waals surface area contributed by atoms with Gasteiger partial charge in [0.05, 0.1) is 16.6 Å². The van der Waals surface area contributed by atoms with Crippen molar-refractivity contribution >= 4 is 28.6 Å². The van der Waals surface area contributed by atoms with Gasteiger partial charge in [-0.1, -0.05) is 52.9 Å². The van der Waals surface area contributed by atoms with Gasteiger partial charge in [0.1, 0.15) is 0 Å². The Morgan fingerprint density at radius 1 is 1.37 bits per heavy atom. The quantitative estimate of drug-likeness (QED) is 0.351. The van der Waals surface area contributed by atoms with Gasteiger partial charge in [-0.3, -0.25) is 9.69 Å². The van der Waals surface area contributed by atoms with Gasteiger partial charge in [0.25, 0.3) is 0 Å². The molecule has 4 heteroatoms. The highest BCUT2D eigenvalue weighted by molar-refractivity contribution is 14.1. The van der Waals surface area contributed by atoms with Crippen LogP contribution < -0.4 is 0 Å². The van der Waals surface area contributed by atoms with Crippen LogP contribution >= 0.6 is 22.6 Å². The minimum atomic E-state index is -0.0214. The molecule has 1 atom stereocenters. The first-order valence-electron chi connectivity index (χ1n) is 6.82. The number of hydrogen-bond acceptors (Lipinski definition) is 3. The van der Waals surface area contributed by atoms with Crippen molar-refractivity contribution in [2.24, 2.45) is 5.92 Å². The highest BCUT2D eigenvalue weighted by Gasteiger charge is 2.28. The molecule has 0 aliphatic carbocycles. The fourth-order valence-electron chi connectivity index (χ4n) is 2.44. The molecular formula is C15H20INO2. The molecule has 0 saturated carbocycles. The summed E-state index contributed by atoms with van der Waals surface area (Å²) in [6.45, 7) is 4.28. The molecule has 0 amide bonds. The van der Waals surface area contributed by atoms with Crippen LogP contribution in [-0.2, 0) is 9.53 Å². The van der Waals surface area contributed by atoms with Gasteiger partial charge in [-0.2, -0.15) is 0 Å². The molecule has 1 aliphatic heterocycles. The van der Waals surface area contributed by atoms with E-state index in [2.05, 4.69) is 51.8 Å². The van der Waals surface area contributed by atoms with E-state index in [4.69, 9.17) is 4.74 Å². The van der Waals surface area contributed by atoms with Gasteiger partial charge in [0.2, 0.25) is 0 Å². The molecule has 1 aliphatic rings. The van der Waals surface area contributed by atoms with Gasteiger partial charge in [0, 0.05) is 13.1 Å². The van der Waals surface area contributed by atoms with Crippen LogP contribution in [0, 0.1) is 5.92 Å². The van der Waals surface area contributed by atoms with Crippen LogP contribution in [0.1, 0.15) is 29.4 Å². The number of piperidine rings is 1. The molecule has 0 spiro atoms. The van der Waals surface area contributed by atoms with E-state index in [1.807, 2.05) is 13.0 Å². The van der Waals surface area contributed by atoms with Crippen LogP contribution in [0.25, 0.3) is 0 Å². The number of benzene rings is 1.